The van der Waals surface area contributed by atoms with Crippen molar-refractivity contribution in [1.82, 2.24) is 10.6 Å². The van der Waals surface area contributed by atoms with Crippen LogP contribution in [0.3, 0.4) is 0 Å². The van der Waals surface area contributed by atoms with Gasteiger partial charge in [-0.05, 0) is 26.0 Å². The van der Waals surface area contributed by atoms with Crippen molar-refractivity contribution < 1.29 is 19.1 Å². The van der Waals surface area contributed by atoms with E-state index in [1.165, 1.54) is 6.92 Å². The fraction of sp³-hybridized carbons (Fsp3) is 0.400. The molecule has 6 nitrogen and oxygen atoms in total. The molecule has 2 atom stereocenters. The number of esters is 1. The van der Waals surface area contributed by atoms with Crippen molar-refractivity contribution in [2.45, 2.75) is 32.9 Å². The Hall–Kier alpha value is -2.37. The number of carbonyl (C=O) groups is 3. The first-order valence-corrected chi connectivity index (χ1v) is 6.75. The van der Waals surface area contributed by atoms with E-state index in [0.29, 0.717) is 5.56 Å². The van der Waals surface area contributed by atoms with Gasteiger partial charge in [0, 0.05) is 12.5 Å². The van der Waals surface area contributed by atoms with E-state index in [1.807, 2.05) is 0 Å². The second-order valence-corrected chi connectivity index (χ2v) is 4.56. The van der Waals surface area contributed by atoms with E-state index >= 15 is 0 Å². The number of nitrogens with one attached hydrogen (secondary N) is 2. The molecular weight excluding hydrogens is 272 g/mol. The summed E-state index contributed by atoms with van der Waals surface area (Å²) in [7, 11) is 0. The van der Waals surface area contributed by atoms with Crippen LogP contribution in [0.1, 0.15) is 31.1 Å². The van der Waals surface area contributed by atoms with Crippen molar-refractivity contribution in [3.8, 4) is 0 Å². The predicted molar refractivity (Wildman–Crippen MR) is 77.6 cm³/mol. The van der Waals surface area contributed by atoms with Gasteiger partial charge in [0.15, 0.2) is 0 Å². The van der Waals surface area contributed by atoms with Gasteiger partial charge in [0.2, 0.25) is 5.91 Å². The first-order chi connectivity index (χ1) is 9.95. The summed E-state index contributed by atoms with van der Waals surface area (Å²) in [4.78, 5) is 35.2. The highest BCUT2D eigenvalue weighted by Gasteiger charge is 2.29. The molecular formula is C15H20N2O4. The van der Waals surface area contributed by atoms with Crippen LogP contribution in [0.4, 0.5) is 0 Å². The number of hydrogen-bond donors (Lipinski definition) is 2. The van der Waals surface area contributed by atoms with Gasteiger partial charge in [-0.25, -0.2) is 4.79 Å². The van der Waals surface area contributed by atoms with E-state index in [9.17, 15) is 14.4 Å². The van der Waals surface area contributed by atoms with Crippen LogP contribution in [0.2, 0.25) is 0 Å². The van der Waals surface area contributed by atoms with Gasteiger partial charge in [-0.3, -0.25) is 9.59 Å². The molecule has 0 radical (unpaired) electrons. The number of rotatable bonds is 6. The van der Waals surface area contributed by atoms with Gasteiger partial charge in [0.1, 0.15) is 6.04 Å². The van der Waals surface area contributed by atoms with Crippen LogP contribution in [-0.2, 0) is 14.3 Å². The number of ether oxygens (including phenoxy) is 1. The standard InChI is InChI=1S/C15H20N2O4/c1-4-21-15(20)13(10(2)16-11(3)18)17-14(19)12-8-6-5-7-9-12/h5-10,13H,4H2,1-3H3,(H,16,18)(H,17,19)/t10-,13-/m0/s1. The Kier molecular flexibility index (Phi) is 6.39. The van der Waals surface area contributed by atoms with Crippen molar-refractivity contribution in [3.63, 3.8) is 0 Å². The normalized spacial score (nSPS) is 12.9. The smallest absolute Gasteiger partial charge is 0.330 e. The minimum absolute atomic E-state index is 0.198. The van der Waals surface area contributed by atoms with E-state index < -0.39 is 24.0 Å². The van der Waals surface area contributed by atoms with Gasteiger partial charge in [-0.15, -0.1) is 0 Å². The predicted octanol–water partition coefficient (Wildman–Crippen LogP) is 0.873. The topological polar surface area (TPSA) is 84.5 Å². The third-order valence-corrected chi connectivity index (χ3v) is 2.79. The van der Waals surface area contributed by atoms with Crippen LogP contribution >= 0.6 is 0 Å². The lowest BCUT2D eigenvalue weighted by molar-refractivity contribution is -0.146. The maximum atomic E-state index is 12.1. The van der Waals surface area contributed by atoms with Crippen LogP contribution in [0, 0.1) is 0 Å². The van der Waals surface area contributed by atoms with Crippen LogP contribution in [0.15, 0.2) is 30.3 Å². The second-order valence-electron chi connectivity index (χ2n) is 4.56. The molecule has 1 aromatic rings. The largest absolute Gasteiger partial charge is 0.464 e. The summed E-state index contributed by atoms with van der Waals surface area (Å²) in [6, 6.07) is 7.01. The highest BCUT2D eigenvalue weighted by atomic mass is 16.5. The Bertz CT molecular complexity index is 502. The zero-order valence-electron chi connectivity index (χ0n) is 12.4. The quantitative estimate of drug-likeness (QED) is 0.762. The summed E-state index contributed by atoms with van der Waals surface area (Å²) in [6.45, 7) is 4.85. The summed E-state index contributed by atoms with van der Waals surface area (Å²) >= 11 is 0. The van der Waals surface area contributed by atoms with Crippen molar-refractivity contribution in [2.24, 2.45) is 0 Å². The first-order valence-electron chi connectivity index (χ1n) is 6.75. The van der Waals surface area contributed by atoms with Crippen molar-refractivity contribution in [2.75, 3.05) is 6.61 Å². The molecule has 0 fully saturated rings. The Morgan fingerprint density at radius 2 is 1.76 bits per heavy atom. The van der Waals surface area contributed by atoms with E-state index in [-0.39, 0.29) is 12.5 Å². The molecule has 0 aliphatic heterocycles. The average Bonchev–Trinajstić information content (AvgIpc) is 2.44. The molecule has 21 heavy (non-hydrogen) atoms. The number of amides is 2. The number of hydrogen-bond acceptors (Lipinski definition) is 4. The van der Waals surface area contributed by atoms with E-state index in [1.54, 1.807) is 44.2 Å². The zero-order valence-corrected chi connectivity index (χ0v) is 12.4. The SMILES string of the molecule is CCOC(=O)[C@@H](NC(=O)c1ccccc1)[C@H](C)NC(C)=O. The lowest BCUT2D eigenvalue weighted by Crippen LogP contribution is -2.54. The molecule has 2 N–H and O–H groups in total. The molecule has 1 aromatic carbocycles. The lowest BCUT2D eigenvalue weighted by atomic mass is 10.1. The summed E-state index contributed by atoms with van der Waals surface area (Å²) in [6.07, 6.45) is 0. The molecule has 0 unspecified atom stereocenters. The Labute approximate surface area is 123 Å². The van der Waals surface area contributed by atoms with E-state index in [2.05, 4.69) is 10.6 Å². The molecule has 0 spiro atoms. The summed E-state index contributed by atoms with van der Waals surface area (Å²) < 4.78 is 4.94. The van der Waals surface area contributed by atoms with Crippen molar-refractivity contribution >= 4 is 17.8 Å². The highest BCUT2D eigenvalue weighted by molar-refractivity contribution is 5.97. The van der Waals surface area contributed by atoms with Crippen molar-refractivity contribution in [1.29, 1.82) is 0 Å². The Morgan fingerprint density at radius 3 is 2.29 bits per heavy atom. The lowest BCUT2D eigenvalue weighted by Gasteiger charge is -2.23. The molecule has 1 rings (SSSR count). The molecule has 2 amide bonds. The average molecular weight is 292 g/mol. The van der Waals surface area contributed by atoms with Gasteiger partial charge in [0.05, 0.1) is 12.6 Å². The molecule has 0 saturated heterocycles. The molecule has 0 heterocycles. The second kappa shape index (κ2) is 8.04. The Balaban J connectivity index is 2.84. The van der Waals surface area contributed by atoms with Crippen LogP contribution < -0.4 is 10.6 Å². The third-order valence-electron chi connectivity index (χ3n) is 2.79. The van der Waals surface area contributed by atoms with Gasteiger partial charge in [-0.2, -0.15) is 0 Å². The minimum Gasteiger partial charge on any atom is -0.464 e. The molecule has 0 bridgehead atoms. The maximum absolute atomic E-state index is 12.1. The highest BCUT2D eigenvalue weighted by Crippen LogP contribution is 2.03. The molecule has 6 heteroatoms. The van der Waals surface area contributed by atoms with Crippen LogP contribution in [0.5, 0.6) is 0 Å². The van der Waals surface area contributed by atoms with Crippen LogP contribution in [0.25, 0.3) is 0 Å². The first kappa shape index (κ1) is 16.7. The van der Waals surface area contributed by atoms with E-state index in [4.69, 9.17) is 4.74 Å². The monoisotopic (exact) mass is 292 g/mol. The summed E-state index contributed by atoms with van der Waals surface area (Å²) in [5.41, 5.74) is 0.432. The fourth-order valence-corrected chi connectivity index (χ4v) is 1.84. The molecule has 0 aliphatic rings. The van der Waals surface area contributed by atoms with E-state index in [0.717, 1.165) is 0 Å². The summed E-state index contributed by atoms with van der Waals surface area (Å²) in [5, 5.41) is 5.18. The van der Waals surface area contributed by atoms with Gasteiger partial charge in [0.25, 0.3) is 5.91 Å². The van der Waals surface area contributed by atoms with Gasteiger partial charge >= 0.3 is 5.97 Å². The summed E-state index contributed by atoms with van der Waals surface area (Å²) in [5.74, 6) is -1.26. The molecule has 0 saturated carbocycles. The van der Waals surface area contributed by atoms with Crippen LogP contribution in [-0.4, -0.2) is 36.5 Å². The van der Waals surface area contributed by atoms with Gasteiger partial charge < -0.3 is 15.4 Å². The Morgan fingerprint density at radius 1 is 1.14 bits per heavy atom. The third kappa shape index (κ3) is 5.25. The maximum Gasteiger partial charge on any atom is 0.330 e. The number of carbonyl (C=O) groups excluding carboxylic acids is 3. The number of benzene rings is 1. The molecule has 0 aromatic heterocycles. The molecule has 0 aliphatic carbocycles. The fourth-order valence-electron chi connectivity index (χ4n) is 1.84. The zero-order chi connectivity index (χ0) is 15.8. The van der Waals surface area contributed by atoms with Crippen molar-refractivity contribution in [3.05, 3.63) is 35.9 Å². The van der Waals surface area contributed by atoms with Gasteiger partial charge in [-0.1, -0.05) is 18.2 Å². The minimum atomic E-state index is -0.943. The molecule has 114 valence electrons.